The van der Waals surface area contributed by atoms with Gasteiger partial charge in [-0.05, 0) is 11.6 Å². The van der Waals surface area contributed by atoms with Crippen LogP contribution in [0.4, 0.5) is 0 Å². The summed E-state index contributed by atoms with van der Waals surface area (Å²) in [6, 6.07) is 9.02. The van der Waals surface area contributed by atoms with Crippen molar-refractivity contribution in [3.05, 3.63) is 41.6 Å². The number of rotatable bonds is 4. The van der Waals surface area contributed by atoms with Gasteiger partial charge in [-0.15, -0.1) is 0 Å². The Morgan fingerprint density at radius 3 is 2.60 bits per heavy atom. The third kappa shape index (κ3) is 3.74. The first-order chi connectivity index (χ1) is 7.26. The van der Waals surface area contributed by atoms with Crippen molar-refractivity contribution in [3.8, 4) is 0 Å². The molecule has 1 rings (SSSR count). The van der Waals surface area contributed by atoms with Crippen LogP contribution >= 0.6 is 0 Å². The topological polar surface area (TPSA) is 66.4 Å². The van der Waals surface area contributed by atoms with Crippen LogP contribution in [-0.4, -0.2) is 23.9 Å². The monoisotopic (exact) mass is 204 g/mol. The van der Waals surface area contributed by atoms with E-state index in [-0.39, 0.29) is 5.70 Å². The molecule has 0 saturated heterocycles. The highest BCUT2D eigenvalue weighted by Gasteiger charge is 2.02. The molecule has 0 atom stereocenters. The zero-order chi connectivity index (χ0) is 11.1. The number of nitrogens with one attached hydrogen (secondary N) is 1. The molecule has 0 aliphatic carbocycles. The number of carbonyl (C=O) groups excluding carboxylic acids is 2. The lowest BCUT2D eigenvalue weighted by molar-refractivity contribution is -0.122. The zero-order valence-electron chi connectivity index (χ0n) is 7.93. The van der Waals surface area contributed by atoms with Gasteiger partial charge in [-0.1, -0.05) is 30.3 Å². The van der Waals surface area contributed by atoms with E-state index in [0.717, 1.165) is 5.56 Å². The molecule has 0 aliphatic rings. The number of aliphatic hydroxyl groups is 1. The Morgan fingerprint density at radius 2 is 2.07 bits per heavy atom. The summed E-state index contributed by atoms with van der Waals surface area (Å²) in [5, 5.41) is 10.7. The molecule has 1 amide bonds. The minimum Gasteiger partial charge on any atom is -0.387 e. The van der Waals surface area contributed by atoms with Crippen LogP contribution in [-0.2, 0) is 9.59 Å². The highest BCUT2D eigenvalue weighted by molar-refractivity contribution is 5.90. The Morgan fingerprint density at radius 1 is 1.40 bits per heavy atom. The van der Waals surface area contributed by atoms with Crippen molar-refractivity contribution in [1.29, 1.82) is 0 Å². The largest absolute Gasteiger partial charge is 0.387 e. The summed E-state index contributed by atoms with van der Waals surface area (Å²) >= 11 is 0. The van der Waals surface area contributed by atoms with Gasteiger partial charge >= 0.3 is 0 Å². The van der Waals surface area contributed by atoms with Crippen LogP contribution in [0, 0.1) is 0 Å². The summed E-state index contributed by atoms with van der Waals surface area (Å²) in [5.74, 6) is -0.638. The lowest BCUT2D eigenvalue weighted by Crippen LogP contribution is -2.26. The quantitative estimate of drug-likeness (QED) is 0.691. The van der Waals surface area contributed by atoms with Crippen molar-refractivity contribution in [1.82, 2.24) is 5.32 Å². The summed E-state index contributed by atoms with van der Waals surface area (Å²) in [4.78, 5) is 21.3. The van der Waals surface area contributed by atoms with Gasteiger partial charge < -0.3 is 10.4 Å². The predicted molar refractivity (Wildman–Crippen MR) is 55.3 cm³/mol. The molecule has 0 aliphatic heterocycles. The fraction of sp³-hybridized carbons (Fsp3) is 0.0909. The molecule has 2 N–H and O–H groups in total. The minimum absolute atomic E-state index is 0.000231. The molecule has 4 heteroatoms. The van der Waals surface area contributed by atoms with Crippen molar-refractivity contribution in [2.45, 2.75) is 0 Å². The molecule has 0 heterocycles. The molecular weight excluding hydrogens is 194 g/mol. The maximum Gasteiger partial charge on any atom is 0.251 e. The molecule has 0 saturated carbocycles. The minimum atomic E-state index is -0.659. The molecule has 0 fully saturated rings. The molecule has 1 aromatic carbocycles. The van der Waals surface area contributed by atoms with Crippen LogP contribution in [0.5, 0.6) is 0 Å². The van der Waals surface area contributed by atoms with Gasteiger partial charge in [-0.25, -0.2) is 0 Å². The van der Waals surface area contributed by atoms with Crippen molar-refractivity contribution in [2.75, 3.05) is 6.61 Å². The van der Waals surface area contributed by atoms with Crippen LogP contribution < -0.4 is 5.32 Å². The maximum absolute atomic E-state index is 10.8. The van der Waals surface area contributed by atoms with Crippen LogP contribution in [0.1, 0.15) is 5.56 Å². The first-order valence-electron chi connectivity index (χ1n) is 4.32. The van der Waals surface area contributed by atoms with Gasteiger partial charge in [0.25, 0.3) is 6.29 Å². The standard InChI is InChI=1S/C11H10NO3/c13-7-10(12-11(15)8-14)6-9-4-2-1-3-5-9/h1-6,14H,8H2,(H,12,15). The van der Waals surface area contributed by atoms with E-state index in [0.29, 0.717) is 0 Å². The highest BCUT2D eigenvalue weighted by atomic mass is 16.3. The highest BCUT2D eigenvalue weighted by Crippen LogP contribution is 2.03. The number of hydrogen-bond acceptors (Lipinski definition) is 3. The van der Waals surface area contributed by atoms with Gasteiger partial charge in [0.05, 0.1) is 5.70 Å². The fourth-order valence-corrected chi connectivity index (χ4v) is 0.997. The summed E-state index contributed by atoms with van der Waals surface area (Å²) in [7, 11) is 0. The van der Waals surface area contributed by atoms with Crippen LogP contribution in [0.3, 0.4) is 0 Å². The third-order valence-corrected chi connectivity index (χ3v) is 1.64. The summed E-state index contributed by atoms with van der Waals surface area (Å²) < 4.78 is 0. The average Bonchev–Trinajstić information content (AvgIpc) is 2.29. The van der Waals surface area contributed by atoms with E-state index in [2.05, 4.69) is 5.32 Å². The normalized spacial score (nSPS) is 10.9. The number of aliphatic hydroxyl groups excluding tert-OH is 1. The maximum atomic E-state index is 10.8. The molecule has 0 aromatic heterocycles. The first-order valence-corrected chi connectivity index (χ1v) is 4.32. The van der Waals surface area contributed by atoms with E-state index >= 15 is 0 Å². The second-order valence-electron chi connectivity index (χ2n) is 2.78. The van der Waals surface area contributed by atoms with E-state index in [1.165, 1.54) is 6.08 Å². The van der Waals surface area contributed by atoms with Crippen molar-refractivity contribution in [2.24, 2.45) is 0 Å². The molecule has 0 unspecified atom stereocenters. The van der Waals surface area contributed by atoms with Crippen LogP contribution in [0.15, 0.2) is 36.0 Å². The van der Waals surface area contributed by atoms with Gasteiger partial charge in [-0.3, -0.25) is 9.59 Å². The number of amides is 1. The molecule has 0 spiro atoms. The first kappa shape index (κ1) is 11.1. The van der Waals surface area contributed by atoms with Crippen LogP contribution in [0.25, 0.3) is 6.08 Å². The van der Waals surface area contributed by atoms with E-state index in [1.807, 2.05) is 18.2 Å². The Hall–Kier alpha value is -1.94. The Labute approximate surface area is 87.2 Å². The predicted octanol–water partition coefficient (Wildman–Crippen LogP) is 0.246. The molecule has 77 valence electrons. The molecule has 0 bridgehead atoms. The number of allylic oxidation sites excluding steroid dienone is 1. The molecule has 1 aromatic rings. The fourth-order valence-electron chi connectivity index (χ4n) is 0.997. The van der Waals surface area contributed by atoms with E-state index in [9.17, 15) is 9.59 Å². The van der Waals surface area contributed by atoms with Crippen LogP contribution in [0.2, 0.25) is 0 Å². The SMILES string of the molecule is O=[C]C(=Cc1ccccc1)NC(=O)CO. The molecular formula is C11H10NO3. The Kier molecular flexibility index (Phi) is 4.25. The summed E-state index contributed by atoms with van der Waals surface area (Å²) in [5.41, 5.74) is 0.773. The lowest BCUT2D eigenvalue weighted by atomic mass is 10.2. The van der Waals surface area contributed by atoms with Gasteiger partial charge in [0, 0.05) is 0 Å². The van der Waals surface area contributed by atoms with Gasteiger partial charge in [0.2, 0.25) is 5.91 Å². The molecule has 1 radical (unpaired) electrons. The molecule has 15 heavy (non-hydrogen) atoms. The zero-order valence-corrected chi connectivity index (χ0v) is 7.93. The summed E-state index contributed by atoms with van der Waals surface area (Å²) in [6.45, 7) is -0.659. The summed E-state index contributed by atoms with van der Waals surface area (Å²) in [6.07, 6.45) is 3.06. The Bertz CT molecular complexity index is 371. The number of benzene rings is 1. The smallest absolute Gasteiger partial charge is 0.251 e. The van der Waals surface area contributed by atoms with Crippen molar-refractivity contribution in [3.63, 3.8) is 0 Å². The second kappa shape index (κ2) is 5.72. The van der Waals surface area contributed by atoms with Gasteiger partial charge in [0.15, 0.2) is 0 Å². The number of hydrogen-bond donors (Lipinski definition) is 2. The molecule has 4 nitrogen and oxygen atoms in total. The van der Waals surface area contributed by atoms with Crippen molar-refractivity contribution < 1.29 is 14.7 Å². The van der Waals surface area contributed by atoms with E-state index in [1.54, 1.807) is 18.4 Å². The Balaban J connectivity index is 2.79. The third-order valence-electron chi connectivity index (χ3n) is 1.64. The van der Waals surface area contributed by atoms with Crippen molar-refractivity contribution >= 4 is 18.3 Å². The van der Waals surface area contributed by atoms with Gasteiger partial charge in [0.1, 0.15) is 6.61 Å². The van der Waals surface area contributed by atoms with E-state index < -0.39 is 12.5 Å². The number of carbonyl (C=O) groups is 1. The van der Waals surface area contributed by atoms with Gasteiger partial charge in [-0.2, -0.15) is 0 Å². The van der Waals surface area contributed by atoms with E-state index in [4.69, 9.17) is 5.11 Å². The average molecular weight is 204 g/mol. The lowest BCUT2D eigenvalue weighted by Gasteiger charge is -2.00. The second-order valence-corrected chi connectivity index (χ2v) is 2.78.